The number of hydrogen-bond acceptors (Lipinski definition) is 3. The second kappa shape index (κ2) is 8.09. The van der Waals surface area contributed by atoms with Crippen molar-refractivity contribution in [3.63, 3.8) is 0 Å². The van der Waals surface area contributed by atoms with E-state index in [1.54, 1.807) is 6.92 Å². The SMILES string of the molecule is C[C@H]1CN(C(=O)[C@@](C)(O)C(F)(F)F)CC[C@H]1N(C)C(=O)c1ccc(C(F)(F)F)cc1. The quantitative estimate of drug-likeness (QED) is 0.734. The summed E-state index contributed by atoms with van der Waals surface area (Å²) >= 11 is 0. The zero-order chi connectivity index (χ0) is 23.1. The Morgan fingerprint density at radius 1 is 1.10 bits per heavy atom. The molecule has 5 nitrogen and oxygen atoms in total. The lowest BCUT2D eigenvalue weighted by atomic mass is 9.90. The highest BCUT2D eigenvalue weighted by Gasteiger charge is 2.57. The van der Waals surface area contributed by atoms with Gasteiger partial charge in [-0.1, -0.05) is 6.92 Å². The van der Waals surface area contributed by atoms with Crippen molar-refractivity contribution in [3.05, 3.63) is 35.4 Å². The number of amides is 2. The molecule has 168 valence electrons. The second-order valence-corrected chi connectivity index (χ2v) is 7.65. The van der Waals surface area contributed by atoms with Gasteiger partial charge in [0.1, 0.15) is 0 Å². The number of likely N-dealkylation sites (tertiary alicyclic amines) is 1. The van der Waals surface area contributed by atoms with Crippen LogP contribution < -0.4 is 0 Å². The second-order valence-electron chi connectivity index (χ2n) is 7.65. The molecule has 1 fully saturated rings. The lowest BCUT2D eigenvalue weighted by Crippen LogP contribution is -2.60. The first-order chi connectivity index (χ1) is 13.6. The lowest BCUT2D eigenvalue weighted by Gasteiger charge is -2.43. The van der Waals surface area contributed by atoms with Crippen molar-refractivity contribution in [1.29, 1.82) is 0 Å². The number of carbonyl (C=O) groups excluding carboxylic acids is 2. The highest BCUT2D eigenvalue weighted by atomic mass is 19.4. The van der Waals surface area contributed by atoms with E-state index in [0.717, 1.165) is 29.2 Å². The number of alkyl halides is 6. The zero-order valence-electron chi connectivity index (χ0n) is 16.5. The van der Waals surface area contributed by atoms with Gasteiger partial charge in [-0.3, -0.25) is 9.59 Å². The molecule has 1 aromatic carbocycles. The van der Waals surface area contributed by atoms with Crippen LogP contribution in [0.15, 0.2) is 24.3 Å². The molecule has 0 bridgehead atoms. The fourth-order valence-electron chi connectivity index (χ4n) is 3.48. The average molecular weight is 440 g/mol. The van der Waals surface area contributed by atoms with E-state index in [0.29, 0.717) is 6.92 Å². The molecule has 1 N–H and O–H groups in total. The van der Waals surface area contributed by atoms with Gasteiger partial charge in [0, 0.05) is 31.7 Å². The molecular formula is C19H22F6N2O3. The first kappa shape index (κ1) is 24.0. The molecule has 0 aromatic heterocycles. The van der Waals surface area contributed by atoms with E-state index in [1.165, 1.54) is 11.9 Å². The van der Waals surface area contributed by atoms with Crippen molar-refractivity contribution < 1.29 is 41.0 Å². The van der Waals surface area contributed by atoms with Crippen molar-refractivity contribution in [2.75, 3.05) is 20.1 Å². The maximum Gasteiger partial charge on any atom is 0.426 e. The van der Waals surface area contributed by atoms with E-state index in [-0.39, 0.29) is 25.1 Å². The summed E-state index contributed by atoms with van der Waals surface area (Å²) in [5, 5.41) is 9.59. The summed E-state index contributed by atoms with van der Waals surface area (Å²) in [5.41, 5.74) is -4.36. The molecule has 2 rings (SSSR count). The largest absolute Gasteiger partial charge is 0.426 e. The molecule has 1 saturated heterocycles. The van der Waals surface area contributed by atoms with Crippen LogP contribution in [0, 0.1) is 5.92 Å². The van der Waals surface area contributed by atoms with E-state index in [9.17, 15) is 41.0 Å². The molecule has 0 unspecified atom stereocenters. The van der Waals surface area contributed by atoms with Gasteiger partial charge in [0.15, 0.2) is 0 Å². The van der Waals surface area contributed by atoms with Crippen LogP contribution in [0.3, 0.4) is 0 Å². The molecule has 0 radical (unpaired) electrons. The Balaban J connectivity index is 2.08. The van der Waals surface area contributed by atoms with Crippen LogP contribution in [0.1, 0.15) is 36.2 Å². The smallest absolute Gasteiger partial charge is 0.373 e. The molecule has 1 heterocycles. The first-order valence-electron chi connectivity index (χ1n) is 9.10. The zero-order valence-corrected chi connectivity index (χ0v) is 16.5. The van der Waals surface area contributed by atoms with Gasteiger partial charge in [-0.15, -0.1) is 0 Å². The summed E-state index contributed by atoms with van der Waals surface area (Å²) in [6.45, 7) is 1.82. The highest BCUT2D eigenvalue weighted by Crippen LogP contribution is 2.34. The fraction of sp³-hybridized carbons (Fsp3) is 0.579. The Labute approximate surface area is 169 Å². The van der Waals surface area contributed by atoms with Gasteiger partial charge in [0.2, 0.25) is 5.60 Å². The Morgan fingerprint density at radius 2 is 1.63 bits per heavy atom. The van der Waals surface area contributed by atoms with Crippen LogP contribution in [0.25, 0.3) is 0 Å². The van der Waals surface area contributed by atoms with Gasteiger partial charge in [-0.25, -0.2) is 0 Å². The van der Waals surface area contributed by atoms with E-state index in [2.05, 4.69) is 0 Å². The van der Waals surface area contributed by atoms with Gasteiger partial charge in [-0.05, 0) is 43.5 Å². The average Bonchev–Trinajstić information content (AvgIpc) is 2.64. The van der Waals surface area contributed by atoms with Crippen molar-refractivity contribution in [2.24, 2.45) is 5.92 Å². The van der Waals surface area contributed by atoms with Gasteiger partial charge in [0.05, 0.1) is 5.56 Å². The van der Waals surface area contributed by atoms with Gasteiger partial charge in [0.25, 0.3) is 11.8 Å². The van der Waals surface area contributed by atoms with Crippen LogP contribution in [0.2, 0.25) is 0 Å². The molecule has 11 heteroatoms. The number of aliphatic hydroxyl groups is 1. The fourth-order valence-corrected chi connectivity index (χ4v) is 3.48. The number of piperidine rings is 1. The maximum atomic E-state index is 12.9. The predicted molar refractivity (Wildman–Crippen MR) is 94.4 cm³/mol. The van der Waals surface area contributed by atoms with Gasteiger partial charge in [-0.2, -0.15) is 26.3 Å². The Morgan fingerprint density at radius 3 is 2.07 bits per heavy atom. The molecule has 1 aromatic rings. The molecule has 2 amide bonds. The number of carbonyl (C=O) groups is 2. The van der Waals surface area contributed by atoms with Crippen molar-refractivity contribution in [1.82, 2.24) is 9.80 Å². The van der Waals surface area contributed by atoms with Crippen LogP contribution in [-0.4, -0.2) is 64.7 Å². The third kappa shape index (κ3) is 4.71. The van der Waals surface area contributed by atoms with Crippen LogP contribution in [-0.2, 0) is 11.0 Å². The van der Waals surface area contributed by atoms with Crippen molar-refractivity contribution in [2.45, 2.75) is 44.3 Å². The molecule has 0 spiro atoms. The predicted octanol–water partition coefficient (Wildman–Crippen LogP) is 3.33. The van der Waals surface area contributed by atoms with Gasteiger partial charge < -0.3 is 14.9 Å². The minimum Gasteiger partial charge on any atom is -0.373 e. The molecular weight excluding hydrogens is 418 g/mol. The highest BCUT2D eigenvalue weighted by molar-refractivity contribution is 5.94. The Kier molecular flexibility index (Phi) is 6.46. The normalized spacial score (nSPS) is 22.4. The molecule has 1 aliphatic rings. The summed E-state index contributed by atoms with van der Waals surface area (Å²) in [6.07, 6.45) is -9.50. The maximum absolute atomic E-state index is 12.9. The van der Waals surface area contributed by atoms with E-state index >= 15 is 0 Å². The monoisotopic (exact) mass is 440 g/mol. The van der Waals surface area contributed by atoms with E-state index < -0.39 is 47.3 Å². The first-order valence-corrected chi connectivity index (χ1v) is 9.10. The summed E-state index contributed by atoms with van der Waals surface area (Å²) in [7, 11) is 1.45. The van der Waals surface area contributed by atoms with Crippen LogP contribution >= 0.6 is 0 Å². The summed E-state index contributed by atoms with van der Waals surface area (Å²) < 4.78 is 76.7. The number of benzene rings is 1. The third-order valence-corrected chi connectivity index (χ3v) is 5.39. The molecule has 0 aliphatic carbocycles. The van der Waals surface area contributed by atoms with Crippen LogP contribution in [0.5, 0.6) is 0 Å². The molecule has 1 aliphatic heterocycles. The lowest BCUT2D eigenvalue weighted by molar-refractivity contribution is -0.251. The minimum atomic E-state index is -5.13. The van der Waals surface area contributed by atoms with Gasteiger partial charge >= 0.3 is 12.4 Å². The number of nitrogens with zero attached hydrogens (tertiary/aromatic N) is 2. The summed E-state index contributed by atoms with van der Waals surface area (Å²) in [5.74, 6) is -2.42. The van der Waals surface area contributed by atoms with Crippen molar-refractivity contribution in [3.8, 4) is 0 Å². The number of rotatable bonds is 3. The molecule has 30 heavy (non-hydrogen) atoms. The van der Waals surface area contributed by atoms with E-state index in [1.807, 2.05) is 0 Å². The third-order valence-electron chi connectivity index (χ3n) is 5.39. The number of hydrogen-bond donors (Lipinski definition) is 1. The molecule has 0 saturated carbocycles. The minimum absolute atomic E-state index is 0.0382. The van der Waals surface area contributed by atoms with Crippen LogP contribution in [0.4, 0.5) is 26.3 Å². The summed E-state index contributed by atoms with van der Waals surface area (Å²) in [6, 6.07) is 3.27. The Bertz CT molecular complexity index is 789. The molecule has 3 atom stereocenters. The number of halogens is 6. The van der Waals surface area contributed by atoms with E-state index in [4.69, 9.17) is 0 Å². The van der Waals surface area contributed by atoms with Crippen molar-refractivity contribution >= 4 is 11.8 Å². The summed E-state index contributed by atoms with van der Waals surface area (Å²) in [4.78, 5) is 27.0. The Hall–Kier alpha value is -2.30. The topological polar surface area (TPSA) is 60.9 Å². The standard InChI is InChI=1S/C19H22F6N2O3/c1-11-10-27(16(29)17(2,30)19(23,24)25)9-8-14(11)26(3)15(28)12-4-6-13(7-5-12)18(20,21)22/h4-7,11,14,30H,8-10H2,1-3H3/t11-,14+,17+/m0/s1.